The summed E-state index contributed by atoms with van der Waals surface area (Å²) in [7, 11) is -4.14. The van der Waals surface area contributed by atoms with Crippen molar-refractivity contribution in [3.63, 3.8) is 0 Å². The van der Waals surface area contributed by atoms with Gasteiger partial charge >= 0.3 is 29.6 Å². The first-order chi connectivity index (χ1) is 7.49. The van der Waals surface area contributed by atoms with Gasteiger partial charge in [-0.25, -0.2) is 8.42 Å². The number of rotatable bonds is 5. The van der Waals surface area contributed by atoms with Crippen molar-refractivity contribution < 1.29 is 47.3 Å². The van der Waals surface area contributed by atoms with Crippen LogP contribution < -0.4 is 40.2 Å². The number of hydrogen-bond donors (Lipinski definition) is 2. The number of amides is 1. The van der Waals surface area contributed by atoms with Crippen molar-refractivity contribution in [3.8, 4) is 0 Å². The van der Waals surface area contributed by atoms with Crippen LogP contribution in [0, 0.1) is 0 Å². The molecule has 0 aromatic heterocycles. The van der Waals surface area contributed by atoms with Crippen LogP contribution in [0.1, 0.15) is 25.7 Å². The van der Waals surface area contributed by atoms with Crippen LogP contribution in [0.25, 0.3) is 0 Å². The molecule has 8 heteroatoms. The molecule has 0 aliphatic carbocycles. The second-order valence-corrected chi connectivity index (χ2v) is 5.43. The van der Waals surface area contributed by atoms with Gasteiger partial charge in [0.2, 0.25) is 5.91 Å². The largest absolute Gasteiger partial charge is 1.00 e. The smallest absolute Gasteiger partial charge is 0.748 e. The van der Waals surface area contributed by atoms with Crippen LogP contribution in [0.2, 0.25) is 0 Å². The Labute approximate surface area is 124 Å². The van der Waals surface area contributed by atoms with E-state index in [0.717, 1.165) is 19.3 Å². The Morgan fingerprint density at radius 3 is 2.76 bits per heavy atom. The third-order valence-corrected chi connectivity index (χ3v) is 3.29. The third kappa shape index (κ3) is 8.12. The van der Waals surface area contributed by atoms with Crippen molar-refractivity contribution in [2.75, 3.05) is 18.8 Å². The van der Waals surface area contributed by atoms with E-state index in [-0.39, 0.29) is 53.7 Å². The maximum atomic E-state index is 11.5. The van der Waals surface area contributed by atoms with Crippen LogP contribution in [0.4, 0.5) is 0 Å². The molecule has 1 amide bonds. The quantitative estimate of drug-likeness (QED) is 0.304. The van der Waals surface area contributed by atoms with Crippen LogP contribution >= 0.6 is 0 Å². The van der Waals surface area contributed by atoms with Crippen molar-refractivity contribution in [1.29, 1.82) is 0 Å². The van der Waals surface area contributed by atoms with E-state index in [1.807, 2.05) is 0 Å². The average molecular weight is 272 g/mol. The van der Waals surface area contributed by atoms with Crippen LogP contribution in [0.3, 0.4) is 0 Å². The number of carbonyl (C=O) groups is 1. The molecule has 1 fully saturated rings. The van der Waals surface area contributed by atoms with Crippen molar-refractivity contribution in [2.24, 2.45) is 0 Å². The molecule has 0 bridgehead atoms. The molecule has 17 heavy (non-hydrogen) atoms. The van der Waals surface area contributed by atoms with Gasteiger partial charge in [0, 0.05) is 12.3 Å². The van der Waals surface area contributed by atoms with Gasteiger partial charge in [-0.05, 0) is 32.2 Å². The number of carbonyl (C=O) groups excluding carboxylic acids is 1. The van der Waals surface area contributed by atoms with Gasteiger partial charge in [-0.1, -0.05) is 0 Å². The molecule has 0 aromatic rings. The Hall–Kier alpha value is 0.340. The zero-order chi connectivity index (χ0) is 12.0. The molecular weight excluding hydrogens is 255 g/mol. The van der Waals surface area contributed by atoms with E-state index in [0.29, 0.717) is 13.1 Å². The van der Waals surface area contributed by atoms with Crippen LogP contribution in [-0.2, 0) is 14.9 Å². The van der Waals surface area contributed by atoms with Gasteiger partial charge in [-0.15, -0.1) is 0 Å². The predicted octanol–water partition coefficient (Wildman–Crippen LogP) is -3.82. The van der Waals surface area contributed by atoms with Crippen molar-refractivity contribution in [2.45, 2.75) is 31.7 Å². The van der Waals surface area contributed by atoms with Gasteiger partial charge in [-0.3, -0.25) is 4.79 Å². The first-order valence-corrected chi connectivity index (χ1v) is 7.01. The molecule has 1 aliphatic heterocycles. The summed E-state index contributed by atoms with van der Waals surface area (Å²) in [6, 6.07) is -0.253. The summed E-state index contributed by atoms with van der Waals surface area (Å²) < 4.78 is 31.0. The normalized spacial score (nSPS) is 21.2. The monoisotopic (exact) mass is 272 g/mol. The van der Waals surface area contributed by atoms with Gasteiger partial charge in [0.25, 0.3) is 0 Å². The van der Waals surface area contributed by atoms with E-state index < -0.39 is 10.1 Å². The molecule has 1 saturated heterocycles. The van der Waals surface area contributed by atoms with E-state index in [1.54, 1.807) is 0 Å². The minimum absolute atomic E-state index is 0. The minimum atomic E-state index is -4.14. The van der Waals surface area contributed by atoms with E-state index in [9.17, 15) is 17.8 Å². The fourth-order valence-electron chi connectivity index (χ4n) is 1.66. The summed E-state index contributed by atoms with van der Waals surface area (Å²) in [6.07, 6.45) is 2.95. The molecule has 2 N–H and O–H groups in total. The summed E-state index contributed by atoms with van der Waals surface area (Å²) in [6.45, 7) is 1.07. The molecule has 1 aliphatic rings. The molecule has 0 saturated carbocycles. The summed E-state index contributed by atoms with van der Waals surface area (Å²) in [5.41, 5.74) is 0. The minimum Gasteiger partial charge on any atom is -0.748 e. The van der Waals surface area contributed by atoms with Gasteiger partial charge in [-0.2, -0.15) is 0 Å². The molecule has 1 heterocycles. The second kappa shape index (κ2) is 8.44. The summed E-state index contributed by atoms with van der Waals surface area (Å²) in [4.78, 5) is 11.5. The van der Waals surface area contributed by atoms with Gasteiger partial charge < -0.3 is 15.2 Å². The molecule has 0 radical (unpaired) electrons. The molecule has 0 spiro atoms. The molecule has 0 aromatic carbocycles. The fourth-order valence-corrected chi connectivity index (χ4v) is 2.16. The van der Waals surface area contributed by atoms with Gasteiger partial charge in [0.15, 0.2) is 0 Å². The van der Waals surface area contributed by atoms with Crippen molar-refractivity contribution >= 4 is 16.0 Å². The SMILES string of the molecule is O=C1NCCCC[C@@H]1NCCCS(=O)(=O)[O-].[Na+]. The Morgan fingerprint density at radius 2 is 2.12 bits per heavy atom. The first-order valence-electron chi connectivity index (χ1n) is 5.44. The molecule has 94 valence electrons. The van der Waals surface area contributed by atoms with E-state index in [4.69, 9.17) is 0 Å². The average Bonchev–Trinajstić information content (AvgIpc) is 2.37. The zero-order valence-electron chi connectivity index (χ0n) is 10.1. The molecule has 6 nitrogen and oxygen atoms in total. The van der Waals surface area contributed by atoms with Crippen LogP contribution in [-0.4, -0.2) is 43.8 Å². The Morgan fingerprint density at radius 1 is 1.41 bits per heavy atom. The standard InChI is InChI=1S/C9H18N2O4S.Na/c12-9-8(4-1-2-5-11-9)10-6-3-7-16(13,14)15;/h8,10H,1-7H2,(H,11,12)(H,13,14,15);/q;+1/p-1/t8-;/m0./s1. The zero-order valence-corrected chi connectivity index (χ0v) is 12.9. The molecular formula is C9H17N2NaO4S. The fraction of sp³-hybridized carbons (Fsp3) is 0.889. The maximum Gasteiger partial charge on any atom is 1.00 e. The Bertz CT molecular complexity index is 334. The summed E-state index contributed by atoms with van der Waals surface area (Å²) >= 11 is 0. The van der Waals surface area contributed by atoms with Crippen molar-refractivity contribution in [3.05, 3.63) is 0 Å². The van der Waals surface area contributed by atoms with Crippen LogP contribution in [0.5, 0.6) is 0 Å². The van der Waals surface area contributed by atoms with E-state index in [2.05, 4.69) is 10.6 Å². The predicted molar refractivity (Wildman–Crippen MR) is 57.8 cm³/mol. The second-order valence-electron chi connectivity index (χ2n) is 3.91. The Balaban J connectivity index is 0.00000256. The van der Waals surface area contributed by atoms with E-state index >= 15 is 0 Å². The van der Waals surface area contributed by atoms with Crippen LogP contribution in [0.15, 0.2) is 0 Å². The summed E-state index contributed by atoms with van der Waals surface area (Å²) in [5, 5.41) is 5.74. The number of hydrogen-bond acceptors (Lipinski definition) is 5. The van der Waals surface area contributed by atoms with E-state index in [1.165, 1.54) is 0 Å². The Kier molecular flexibility index (Phi) is 8.61. The topological polar surface area (TPSA) is 98.3 Å². The summed E-state index contributed by atoms with van der Waals surface area (Å²) in [5.74, 6) is -0.420. The molecule has 1 rings (SSSR count). The van der Waals surface area contributed by atoms with Gasteiger partial charge in [0.1, 0.15) is 0 Å². The molecule has 0 unspecified atom stereocenters. The first kappa shape index (κ1) is 17.3. The molecule has 1 atom stereocenters. The van der Waals surface area contributed by atoms with Crippen molar-refractivity contribution in [1.82, 2.24) is 10.6 Å². The maximum absolute atomic E-state index is 11.5. The number of nitrogens with one attached hydrogen (secondary N) is 2. The third-order valence-electron chi connectivity index (χ3n) is 2.50. The van der Waals surface area contributed by atoms with Gasteiger partial charge in [0.05, 0.1) is 16.2 Å².